The molecule has 0 radical (unpaired) electrons. The number of thiophene rings is 1. The lowest BCUT2D eigenvalue weighted by Gasteiger charge is -2.26. The van der Waals surface area contributed by atoms with Gasteiger partial charge in [-0.25, -0.2) is 4.68 Å². The van der Waals surface area contributed by atoms with Gasteiger partial charge in [-0.2, -0.15) is 5.10 Å². The molecule has 2 aliphatic heterocycles. The van der Waals surface area contributed by atoms with Crippen LogP contribution in [0.2, 0.25) is 0 Å². The van der Waals surface area contributed by atoms with E-state index in [-0.39, 0.29) is 29.0 Å². The van der Waals surface area contributed by atoms with Crippen molar-refractivity contribution >= 4 is 40.7 Å². The number of hydrogen-bond donors (Lipinski definition) is 0. The smallest absolute Gasteiger partial charge is 0.242 e. The number of amides is 2. The van der Waals surface area contributed by atoms with Crippen LogP contribution in [0.15, 0.2) is 41.8 Å². The van der Waals surface area contributed by atoms with Crippen LogP contribution in [0, 0.1) is 0 Å². The van der Waals surface area contributed by atoms with E-state index in [4.69, 9.17) is 9.84 Å². The number of anilines is 1. The highest BCUT2D eigenvalue weighted by atomic mass is 32.2. The van der Waals surface area contributed by atoms with Gasteiger partial charge in [-0.1, -0.05) is 26.8 Å². The molecule has 7 nitrogen and oxygen atoms in total. The summed E-state index contributed by atoms with van der Waals surface area (Å²) in [4.78, 5) is 31.7. The van der Waals surface area contributed by atoms with Crippen molar-refractivity contribution in [3.8, 4) is 11.4 Å². The maximum atomic E-state index is 13.7. The molecule has 3 aromatic rings. The standard InChI is InChI=1S/C27H32N4O3S2/c1-27(2,3)25-23-24(20-8-7-15-35-20)36-17-22(33)30(16-21(32)29-13-5-6-14-29)26(23)31(28-25)18-9-11-19(34-4)12-10-18/h7-12,15,24H,5-6,13-14,16-17H2,1-4H3/t24-/m0/s1. The van der Waals surface area contributed by atoms with Crippen molar-refractivity contribution in [2.45, 2.75) is 44.3 Å². The summed E-state index contributed by atoms with van der Waals surface area (Å²) in [5.74, 6) is 1.67. The molecule has 0 bridgehead atoms. The van der Waals surface area contributed by atoms with Crippen molar-refractivity contribution in [2.24, 2.45) is 0 Å². The van der Waals surface area contributed by atoms with Gasteiger partial charge in [-0.05, 0) is 48.6 Å². The van der Waals surface area contributed by atoms with Gasteiger partial charge in [0.2, 0.25) is 11.8 Å². The maximum absolute atomic E-state index is 13.7. The fraction of sp³-hybridized carbons (Fsp3) is 0.444. The quantitative estimate of drug-likeness (QED) is 0.468. The Labute approximate surface area is 220 Å². The number of nitrogens with zero attached hydrogens (tertiary/aromatic N) is 4. The van der Waals surface area contributed by atoms with Gasteiger partial charge in [0.25, 0.3) is 0 Å². The molecule has 1 fully saturated rings. The summed E-state index contributed by atoms with van der Waals surface area (Å²) in [6.07, 6.45) is 2.03. The summed E-state index contributed by atoms with van der Waals surface area (Å²) in [7, 11) is 1.64. The summed E-state index contributed by atoms with van der Waals surface area (Å²) in [5.41, 5.74) is 2.51. The number of hydrogen-bond acceptors (Lipinski definition) is 6. The van der Waals surface area contributed by atoms with E-state index < -0.39 is 0 Å². The Morgan fingerprint density at radius 3 is 2.47 bits per heavy atom. The molecule has 1 aromatic carbocycles. The maximum Gasteiger partial charge on any atom is 0.242 e. The largest absolute Gasteiger partial charge is 0.497 e. The SMILES string of the molecule is COc1ccc(-n2nc(C(C)(C)C)c3c2N(CC(=O)N2CCCC2)C(=O)CS[C@H]3c2cccs2)cc1. The minimum absolute atomic E-state index is 0.00818. The fourth-order valence-corrected chi connectivity index (χ4v) is 7.02. The Balaban J connectivity index is 1.72. The zero-order chi connectivity index (χ0) is 25.4. The highest BCUT2D eigenvalue weighted by molar-refractivity contribution is 8.00. The number of thioether (sulfide) groups is 1. The molecule has 2 amide bonds. The molecule has 0 unspecified atom stereocenters. The number of carbonyl (C=O) groups excluding carboxylic acids is 2. The highest BCUT2D eigenvalue weighted by Gasteiger charge is 2.40. The Morgan fingerprint density at radius 2 is 1.86 bits per heavy atom. The predicted octanol–water partition coefficient (Wildman–Crippen LogP) is 5.03. The second-order valence-corrected chi connectivity index (χ2v) is 12.3. The number of aromatic nitrogens is 2. The normalized spacial score (nSPS) is 18.3. The van der Waals surface area contributed by atoms with E-state index in [1.807, 2.05) is 39.9 Å². The molecule has 1 saturated heterocycles. The highest BCUT2D eigenvalue weighted by Crippen LogP contribution is 2.49. The van der Waals surface area contributed by atoms with Crippen molar-refractivity contribution in [1.82, 2.24) is 14.7 Å². The average Bonchev–Trinajstić information content (AvgIpc) is 3.63. The van der Waals surface area contributed by atoms with E-state index in [1.54, 1.807) is 35.1 Å². The van der Waals surface area contributed by atoms with Gasteiger partial charge < -0.3 is 9.64 Å². The van der Waals surface area contributed by atoms with Gasteiger partial charge >= 0.3 is 0 Å². The van der Waals surface area contributed by atoms with E-state index in [0.717, 1.165) is 48.6 Å². The van der Waals surface area contributed by atoms with Gasteiger partial charge in [0.15, 0.2) is 0 Å². The fourth-order valence-electron chi connectivity index (χ4n) is 4.84. The molecular formula is C27H32N4O3S2. The van der Waals surface area contributed by atoms with E-state index in [9.17, 15) is 9.59 Å². The number of likely N-dealkylation sites (tertiary alicyclic amines) is 1. The number of ether oxygens (including phenoxy) is 1. The van der Waals surface area contributed by atoms with E-state index >= 15 is 0 Å². The lowest BCUT2D eigenvalue weighted by molar-refractivity contribution is -0.130. The first kappa shape index (κ1) is 24.9. The minimum atomic E-state index is -0.268. The summed E-state index contributed by atoms with van der Waals surface area (Å²) >= 11 is 3.31. The monoisotopic (exact) mass is 524 g/mol. The van der Waals surface area contributed by atoms with Gasteiger partial charge in [-0.3, -0.25) is 14.5 Å². The van der Waals surface area contributed by atoms with E-state index in [1.165, 1.54) is 4.88 Å². The summed E-state index contributed by atoms with van der Waals surface area (Å²) in [5, 5.41) is 7.16. The Hall–Kier alpha value is -2.78. The number of fused-ring (bicyclic) bond motifs is 1. The molecule has 0 saturated carbocycles. The number of methoxy groups -OCH3 is 1. The molecule has 0 N–H and O–H groups in total. The van der Waals surface area contributed by atoms with Crippen LogP contribution >= 0.6 is 23.1 Å². The van der Waals surface area contributed by atoms with Crippen LogP contribution in [0.5, 0.6) is 5.75 Å². The molecule has 0 spiro atoms. The van der Waals surface area contributed by atoms with Gasteiger partial charge in [0, 0.05) is 28.9 Å². The molecular weight excluding hydrogens is 492 g/mol. The molecule has 190 valence electrons. The summed E-state index contributed by atoms with van der Waals surface area (Å²) in [6, 6.07) is 11.8. The van der Waals surface area contributed by atoms with Crippen molar-refractivity contribution in [2.75, 3.05) is 37.4 Å². The summed E-state index contributed by atoms with van der Waals surface area (Å²) in [6.45, 7) is 7.98. The van der Waals surface area contributed by atoms with E-state index in [0.29, 0.717) is 11.6 Å². The Morgan fingerprint density at radius 1 is 1.14 bits per heavy atom. The number of rotatable bonds is 5. The van der Waals surface area contributed by atoms with Crippen LogP contribution < -0.4 is 9.64 Å². The Kier molecular flexibility index (Phi) is 6.87. The zero-order valence-corrected chi connectivity index (χ0v) is 22.8. The molecule has 2 aliphatic rings. The molecule has 36 heavy (non-hydrogen) atoms. The lowest BCUT2D eigenvalue weighted by Crippen LogP contribution is -2.43. The van der Waals surface area contributed by atoms with Crippen LogP contribution in [0.1, 0.15) is 55.0 Å². The summed E-state index contributed by atoms with van der Waals surface area (Å²) < 4.78 is 7.22. The van der Waals surface area contributed by atoms with Gasteiger partial charge in [-0.15, -0.1) is 23.1 Å². The first-order valence-corrected chi connectivity index (χ1v) is 14.2. The first-order valence-electron chi connectivity index (χ1n) is 12.3. The number of carbonyl (C=O) groups is 2. The molecule has 2 aromatic heterocycles. The molecule has 1 atom stereocenters. The minimum Gasteiger partial charge on any atom is -0.497 e. The first-order chi connectivity index (χ1) is 17.3. The van der Waals surface area contributed by atoms with Gasteiger partial charge in [0.1, 0.15) is 18.1 Å². The number of benzene rings is 1. The molecule has 9 heteroatoms. The average molecular weight is 525 g/mol. The molecule has 5 rings (SSSR count). The Bertz CT molecular complexity index is 1240. The van der Waals surface area contributed by atoms with Gasteiger partial charge in [0.05, 0.1) is 29.5 Å². The predicted molar refractivity (Wildman–Crippen MR) is 146 cm³/mol. The second kappa shape index (κ2) is 9.94. The van der Waals surface area contributed by atoms with Crippen LogP contribution in [0.4, 0.5) is 5.82 Å². The van der Waals surface area contributed by atoms with Crippen LogP contribution in [-0.2, 0) is 15.0 Å². The van der Waals surface area contributed by atoms with Crippen LogP contribution in [-0.4, -0.2) is 59.0 Å². The van der Waals surface area contributed by atoms with Crippen molar-refractivity contribution < 1.29 is 14.3 Å². The van der Waals surface area contributed by atoms with Crippen LogP contribution in [0.3, 0.4) is 0 Å². The topological polar surface area (TPSA) is 67.7 Å². The molecule has 4 heterocycles. The third-order valence-corrected chi connectivity index (χ3v) is 8.99. The van der Waals surface area contributed by atoms with Crippen molar-refractivity contribution in [3.63, 3.8) is 0 Å². The zero-order valence-electron chi connectivity index (χ0n) is 21.2. The third-order valence-electron chi connectivity index (χ3n) is 6.67. The van der Waals surface area contributed by atoms with Crippen molar-refractivity contribution in [1.29, 1.82) is 0 Å². The lowest BCUT2D eigenvalue weighted by atomic mass is 9.88. The second-order valence-electron chi connectivity index (χ2n) is 10.2. The third kappa shape index (κ3) is 4.66. The van der Waals surface area contributed by atoms with Crippen molar-refractivity contribution in [3.05, 3.63) is 57.9 Å². The molecule has 0 aliphatic carbocycles. The van der Waals surface area contributed by atoms with E-state index in [2.05, 4.69) is 32.2 Å². The van der Waals surface area contributed by atoms with Crippen LogP contribution in [0.25, 0.3) is 5.69 Å².